The minimum Gasteiger partial charge on any atom is -0.395 e. The van der Waals surface area contributed by atoms with Crippen molar-refractivity contribution in [1.82, 2.24) is 4.90 Å². The summed E-state index contributed by atoms with van der Waals surface area (Å²) < 4.78 is 0. The van der Waals surface area contributed by atoms with Crippen LogP contribution in [0.25, 0.3) is 0 Å². The van der Waals surface area contributed by atoms with E-state index >= 15 is 0 Å². The Morgan fingerprint density at radius 3 is 2.80 bits per heavy atom. The summed E-state index contributed by atoms with van der Waals surface area (Å²) in [6, 6.07) is 1.04. The summed E-state index contributed by atoms with van der Waals surface area (Å²) in [5, 5.41) is 8.87. The molecule has 1 aliphatic heterocycles. The average molecular weight is 143 g/mol. The van der Waals surface area contributed by atoms with Gasteiger partial charge in [0.25, 0.3) is 0 Å². The minimum atomic E-state index is 0.296. The van der Waals surface area contributed by atoms with Gasteiger partial charge in [-0.1, -0.05) is 0 Å². The van der Waals surface area contributed by atoms with Crippen LogP contribution in [0.4, 0.5) is 0 Å². The summed E-state index contributed by atoms with van der Waals surface area (Å²) in [5.74, 6) is 0. The first-order valence-electron chi connectivity index (χ1n) is 4.12. The van der Waals surface area contributed by atoms with Gasteiger partial charge in [-0.3, -0.25) is 4.90 Å². The normalized spacial score (nSPS) is 30.9. The molecule has 1 aliphatic rings. The summed E-state index contributed by atoms with van der Waals surface area (Å²) in [7, 11) is 0. The summed E-state index contributed by atoms with van der Waals surface area (Å²) in [6.45, 7) is 5.79. The molecule has 10 heavy (non-hydrogen) atoms. The number of hydrogen-bond acceptors (Lipinski definition) is 2. The fraction of sp³-hybridized carbons (Fsp3) is 1.00. The zero-order chi connectivity index (χ0) is 7.56. The Labute approximate surface area is 62.8 Å². The average Bonchev–Trinajstić information content (AvgIpc) is 2.34. The highest BCUT2D eigenvalue weighted by molar-refractivity contribution is 4.79. The minimum absolute atomic E-state index is 0.296. The Morgan fingerprint density at radius 1 is 1.70 bits per heavy atom. The largest absolute Gasteiger partial charge is 0.395 e. The third-order valence-corrected chi connectivity index (χ3v) is 2.43. The Kier molecular flexibility index (Phi) is 2.69. The number of likely N-dealkylation sites (tertiary alicyclic amines) is 1. The second-order valence-electron chi connectivity index (χ2n) is 3.26. The first-order valence-corrected chi connectivity index (χ1v) is 4.12. The lowest BCUT2D eigenvalue weighted by atomic mass is 10.2. The van der Waals surface area contributed by atoms with Gasteiger partial charge in [-0.2, -0.15) is 0 Å². The van der Waals surface area contributed by atoms with E-state index < -0.39 is 0 Å². The van der Waals surface area contributed by atoms with Gasteiger partial charge in [0.05, 0.1) is 6.61 Å². The summed E-state index contributed by atoms with van der Waals surface area (Å²) in [6.07, 6.45) is 2.59. The molecule has 0 aromatic heterocycles. The van der Waals surface area contributed by atoms with Crippen LogP contribution in [-0.2, 0) is 0 Å². The van der Waals surface area contributed by atoms with Gasteiger partial charge >= 0.3 is 0 Å². The molecule has 0 aromatic rings. The van der Waals surface area contributed by atoms with Gasteiger partial charge < -0.3 is 5.11 Å². The molecule has 0 unspecified atom stereocenters. The standard InChI is InChI=1S/C8H17NO/c1-7-4-3-5-9(7)8(2)6-10/h7-8,10H,3-6H2,1-2H3/t7-,8+/m1/s1. The summed E-state index contributed by atoms with van der Waals surface area (Å²) in [4.78, 5) is 2.38. The fourth-order valence-corrected chi connectivity index (χ4v) is 1.72. The van der Waals surface area contributed by atoms with E-state index in [1.165, 1.54) is 19.4 Å². The lowest BCUT2D eigenvalue weighted by Gasteiger charge is -2.26. The SMILES string of the molecule is C[C@@H]1CCCN1[C@@H](C)CO. The molecule has 2 nitrogen and oxygen atoms in total. The van der Waals surface area contributed by atoms with Crippen molar-refractivity contribution in [2.24, 2.45) is 0 Å². The second kappa shape index (κ2) is 3.35. The topological polar surface area (TPSA) is 23.5 Å². The van der Waals surface area contributed by atoms with Crippen LogP contribution >= 0.6 is 0 Å². The van der Waals surface area contributed by atoms with Crippen LogP contribution in [0.1, 0.15) is 26.7 Å². The molecular weight excluding hydrogens is 126 g/mol. The number of nitrogens with zero attached hydrogens (tertiary/aromatic N) is 1. The van der Waals surface area contributed by atoms with Crippen LogP contribution < -0.4 is 0 Å². The van der Waals surface area contributed by atoms with Gasteiger partial charge in [0.1, 0.15) is 0 Å². The molecule has 2 heteroatoms. The molecule has 1 heterocycles. The van der Waals surface area contributed by atoms with Crippen LogP contribution in [0.15, 0.2) is 0 Å². The molecule has 0 saturated carbocycles. The van der Waals surface area contributed by atoms with Crippen LogP contribution in [0.2, 0.25) is 0 Å². The maximum atomic E-state index is 8.87. The van der Waals surface area contributed by atoms with Gasteiger partial charge in [0.15, 0.2) is 0 Å². The van der Waals surface area contributed by atoms with E-state index in [0.29, 0.717) is 18.7 Å². The van der Waals surface area contributed by atoms with E-state index in [1.807, 2.05) is 0 Å². The van der Waals surface area contributed by atoms with Gasteiger partial charge in [-0.05, 0) is 33.2 Å². The number of aliphatic hydroxyl groups excluding tert-OH is 1. The molecule has 0 spiro atoms. The van der Waals surface area contributed by atoms with Crippen LogP contribution in [0.5, 0.6) is 0 Å². The first kappa shape index (κ1) is 8.02. The highest BCUT2D eigenvalue weighted by atomic mass is 16.3. The zero-order valence-electron chi connectivity index (χ0n) is 6.88. The van der Waals surface area contributed by atoms with Crippen molar-refractivity contribution in [3.63, 3.8) is 0 Å². The quantitative estimate of drug-likeness (QED) is 0.619. The molecule has 0 aliphatic carbocycles. The van der Waals surface area contributed by atoms with E-state index in [9.17, 15) is 0 Å². The van der Waals surface area contributed by atoms with Gasteiger partial charge in [-0.15, -0.1) is 0 Å². The predicted molar refractivity (Wildman–Crippen MR) is 41.9 cm³/mol. The number of hydrogen-bond donors (Lipinski definition) is 1. The second-order valence-corrected chi connectivity index (χ2v) is 3.26. The Bertz CT molecular complexity index is 105. The molecule has 0 amide bonds. The first-order chi connectivity index (χ1) is 4.75. The summed E-state index contributed by atoms with van der Waals surface area (Å²) >= 11 is 0. The van der Waals surface area contributed by atoms with Gasteiger partial charge in [-0.25, -0.2) is 0 Å². The molecule has 1 saturated heterocycles. The van der Waals surface area contributed by atoms with E-state index in [2.05, 4.69) is 18.7 Å². The van der Waals surface area contributed by atoms with E-state index in [-0.39, 0.29) is 0 Å². The lowest BCUT2D eigenvalue weighted by Crippen LogP contribution is -2.37. The van der Waals surface area contributed by atoms with E-state index in [4.69, 9.17) is 5.11 Å². The predicted octanol–water partition coefficient (Wildman–Crippen LogP) is 0.851. The lowest BCUT2D eigenvalue weighted by molar-refractivity contribution is 0.130. The molecule has 0 bridgehead atoms. The Hall–Kier alpha value is -0.0800. The third kappa shape index (κ3) is 1.50. The molecule has 0 radical (unpaired) electrons. The Balaban J connectivity index is 2.38. The molecule has 2 atom stereocenters. The van der Waals surface area contributed by atoms with Crippen LogP contribution in [-0.4, -0.2) is 35.2 Å². The fourth-order valence-electron chi connectivity index (χ4n) is 1.72. The van der Waals surface area contributed by atoms with E-state index in [1.54, 1.807) is 0 Å². The van der Waals surface area contributed by atoms with Crippen molar-refractivity contribution in [2.75, 3.05) is 13.2 Å². The van der Waals surface area contributed by atoms with Crippen molar-refractivity contribution in [3.05, 3.63) is 0 Å². The maximum absolute atomic E-state index is 8.87. The highest BCUT2D eigenvalue weighted by Crippen LogP contribution is 2.18. The maximum Gasteiger partial charge on any atom is 0.0584 e. The highest BCUT2D eigenvalue weighted by Gasteiger charge is 2.23. The van der Waals surface area contributed by atoms with Crippen molar-refractivity contribution < 1.29 is 5.11 Å². The Morgan fingerprint density at radius 2 is 2.40 bits per heavy atom. The van der Waals surface area contributed by atoms with Crippen molar-refractivity contribution in [2.45, 2.75) is 38.8 Å². The molecule has 1 fully saturated rings. The van der Waals surface area contributed by atoms with Gasteiger partial charge in [0, 0.05) is 12.1 Å². The third-order valence-electron chi connectivity index (χ3n) is 2.43. The molecular formula is C8H17NO. The monoisotopic (exact) mass is 143 g/mol. The molecule has 0 aromatic carbocycles. The smallest absolute Gasteiger partial charge is 0.0584 e. The van der Waals surface area contributed by atoms with Gasteiger partial charge in [0.2, 0.25) is 0 Å². The molecule has 60 valence electrons. The molecule has 1 N–H and O–H groups in total. The zero-order valence-corrected chi connectivity index (χ0v) is 6.88. The van der Waals surface area contributed by atoms with Crippen LogP contribution in [0.3, 0.4) is 0 Å². The van der Waals surface area contributed by atoms with Crippen LogP contribution in [0, 0.1) is 0 Å². The van der Waals surface area contributed by atoms with Crippen molar-refractivity contribution in [3.8, 4) is 0 Å². The molecule has 1 rings (SSSR count). The van der Waals surface area contributed by atoms with Crippen molar-refractivity contribution in [1.29, 1.82) is 0 Å². The number of rotatable bonds is 2. The van der Waals surface area contributed by atoms with E-state index in [0.717, 1.165) is 0 Å². The van der Waals surface area contributed by atoms with Crippen molar-refractivity contribution >= 4 is 0 Å². The number of aliphatic hydroxyl groups is 1. The summed E-state index contributed by atoms with van der Waals surface area (Å²) in [5.41, 5.74) is 0.